The maximum atomic E-state index is 12.5. The van der Waals surface area contributed by atoms with E-state index in [4.69, 9.17) is 5.73 Å². The maximum Gasteiger partial charge on any atom is 0.254 e. The normalized spacial score (nSPS) is 15.9. The molecule has 0 aliphatic carbocycles. The van der Waals surface area contributed by atoms with Crippen LogP contribution in [-0.2, 0) is 4.79 Å². The summed E-state index contributed by atoms with van der Waals surface area (Å²) in [6.45, 7) is 3.29. The van der Waals surface area contributed by atoms with Crippen LogP contribution in [0.2, 0.25) is 0 Å². The highest BCUT2D eigenvalue weighted by atomic mass is 79.9. The third kappa shape index (κ3) is 3.07. The fourth-order valence-electron chi connectivity index (χ4n) is 2.06. The number of nitrogens with zero attached hydrogens (tertiary/aromatic N) is 1. The molecule has 0 saturated carbocycles. The fraction of sp³-hybridized carbons (Fsp3) is 0.385. The first kappa shape index (κ1) is 13.9. The monoisotopic (exact) mass is 325 g/mol. The Bertz CT molecular complexity index is 531. The number of anilines is 1. The second-order valence-electron chi connectivity index (χ2n) is 4.56. The molecule has 1 saturated heterocycles. The zero-order valence-electron chi connectivity index (χ0n) is 10.7. The van der Waals surface area contributed by atoms with Crippen molar-refractivity contribution in [3.63, 3.8) is 0 Å². The molecule has 1 aliphatic rings. The van der Waals surface area contributed by atoms with Crippen LogP contribution in [0.15, 0.2) is 16.6 Å². The van der Waals surface area contributed by atoms with Gasteiger partial charge in [-0.1, -0.05) is 15.9 Å². The van der Waals surface area contributed by atoms with E-state index >= 15 is 0 Å². The van der Waals surface area contributed by atoms with E-state index in [-0.39, 0.29) is 11.8 Å². The molecule has 6 heteroatoms. The van der Waals surface area contributed by atoms with Gasteiger partial charge in [-0.2, -0.15) is 0 Å². The summed E-state index contributed by atoms with van der Waals surface area (Å²) in [7, 11) is 0. The van der Waals surface area contributed by atoms with Gasteiger partial charge >= 0.3 is 0 Å². The highest BCUT2D eigenvalue weighted by molar-refractivity contribution is 9.10. The van der Waals surface area contributed by atoms with Gasteiger partial charge in [-0.25, -0.2) is 0 Å². The Morgan fingerprint density at radius 1 is 1.42 bits per heavy atom. The molecule has 19 heavy (non-hydrogen) atoms. The van der Waals surface area contributed by atoms with Crippen LogP contribution in [0, 0.1) is 6.92 Å². The van der Waals surface area contributed by atoms with Gasteiger partial charge in [-0.3, -0.25) is 9.59 Å². The third-order valence-electron chi connectivity index (χ3n) is 3.24. The molecule has 1 aliphatic heterocycles. The minimum absolute atomic E-state index is 0.0132. The predicted molar refractivity (Wildman–Crippen MR) is 76.8 cm³/mol. The number of rotatable bonds is 1. The van der Waals surface area contributed by atoms with Crippen LogP contribution in [0.4, 0.5) is 5.69 Å². The highest BCUT2D eigenvalue weighted by Gasteiger charge is 2.22. The molecule has 0 spiro atoms. The number of nitrogens with one attached hydrogen (secondary N) is 1. The summed E-state index contributed by atoms with van der Waals surface area (Å²) in [5, 5.41) is 2.75. The van der Waals surface area contributed by atoms with E-state index in [9.17, 15) is 9.59 Å². The van der Waals surface area contributed by atoms with Gasteiger partial charge in [-0.15, -0.1) is 0 Å². The Morgan fingerprint density at radius 2 is 2.16 bits per heavy atom. The van der Waals surface area contributed by atoms with Crippen molar-refractivity contribution in [1.82, 2.24) is 10.2 Å². The quantitative estimate of drug-likeness (QED) is 0.764. The number of benzene rings is 1. The van der Waals surface area contributed by atoms with Crippen molar-refractivity contribution < 1.29 is 9.59 Å². The summed E-state index contributed by atoms with van der Waals surface area (Å²) >= 11 is 3.35. The molecule has 0 unspecified atom stereocenters. The van der Waals surface area contributed by atoms with Gasteiger partial charge in [0, 0.05) is 41.8 Å². The van der Waals surface area contributed by atoms with Crippen molar-refractivity contribution >= 4 is 33.4 Å². The predicted octanol–water partition coefficient (Wildman–Crippen LogP) is 1.30. The Kier molecular flexibility index (Phi) is 4.09. The van der Waals surface area contributed by atoms with Crippen LogP contribution in [0.3, 0.4) is 0 Å². The number of carbonyl (C=O) groups is 2. The number of amides is 2. The smallest absolute Gasteiger partial charge is 0.254 e. The summed E-state index contributed by atoms with van der Waals surface area (Å²) < 4.78 is 0.781. The van der Waals surface area contributed by atoms with Crippen molar-refractivity contribution in [3.05, 3.63) is 27.7 Å². The van der Waals surface area contributed by atoms with Crippen LogP contribution < -0.4 is 11.1 Å². The van der Waals surface area contributed by atoms with Crippen molar-refractivity contribution in [3.8, 4) is 0 Å². The average molecular weight is 326 g/mol. The molecule has 2 rings (SSSR count). The maximum absolute atomic E-state index is 12.5. The Hall–Kier alpha value is -1.56. The first-order valence-electron chi connectivity index (χ1n) is 6.10. The second kappa shape index (κ2) is 5.61. The van der Waals surface area contributed by atoms with E-state index in [1.165, 1.54) is 0 Å². The number of carbonyl (C=O) groups excluding carboxylic acids is 2. The van der Waals surface area contributed by atoms with Crippen LogP contribution in [0.25, 0.3) is 0 Å². The Morgan fingerprint density at radius 3 is 2.89 bits per heavy atom. The summed E-state index contributed by atoms with van der Waals surface area (Å²) in [6, 6.07) is 3.55. The van der Waals surface area contributed by atoms with Crippen LogP contribution in [-0.4, -0.2) is 36.3 Å². The van der Waals surface area contributed by atoms with Crippen molar-refractivity contribution in [1.29, 1.82) is 0 Å². The van der Waals surface area contributed by atoms with E-state index in [2.05, 4.69) is 21.2 Å². The summed E-state index contributed by atoms with van der Waals surface area (Å²) in [5.74, 6) is -0.0946. The number of hydrogen-bond donors (Lipinski definition) is 2. The molecule has 1 fully saturated rings. The fourth-order valence-corrected chi connectivity index (χ4v) is 2.54. The van der Waals surface area contributed by atoms with E-state index in [1.54, 1.807) is 17.0 Å². The van der Waals surface area contributed by atoms with Gasteiger partial charge in [0.15, 0.2) is 0 Å². The van der Waals surface area contributed by atoms with Crippen molar-refractivity contribution in [2.45, 2.75) is 13.3 Å². The van der Waals surface area contributed by atoms with Crippen molar-refractivity contribution in [2.75, 3.05) is 25.4 Å². The lowest BCUT2D eigenvalue weighted by Crippen LogP contribution is -2.34. The molecule has 0 bridgehead atoms. The molecule has 2 amide bonds. The average Bonchev–Trinajstić information content (AvgIpc) is 2.58. The minimum atomic E-state index is -0.0815. The number of nitrogens with two attached hydrogens (primary N) is 1. The van der Waals surface area contributed by atoms with Gasteiger partial charge in [0.1, 0.15) is 0 Å². The molecule has 1 aromatic carbocycles. The second-order valence-corrected chi connectivity index (χ2v) is 5.48. The molecular formula is C13H16BrN3O2. The molecule has 5 nitrogen and oxygen atoms in total. The van der Waals surface area contributed by atoms with Crippen molar-refractivity contribution in [2.24, 2.45) is 0 Å². The van der Waals surface area contributed by atoms with Gasteiger partial charge in [0.25, 0.3) is 5.91 Å². The molecule has 102 valence electrons. The number of hydrogen-bond acceptors (Lipinski definition) is 3. The topological polar surface area (TPSA) is 75.4 Å². The largest absolute Gasteiger partial charge is 0.398 e. The number of halogens is 1. The lowest BCUT2D eigenvalue weighted by atomic mass is 10.1. The molecular weight excluding hydrogens is 310 g/mol. The molecule has 0 atom stereocenters. The lowest BCUT2D eigenvalue weighted by Gasteiger charge is -2.21. The van der Waals surface area contributed by atoms with Crippen LogP contribution >= 0.6 is 15.9 Å². The zero-order valence-corrected chi connectivity index (χ0v) is 12.3. The molecule has 3 N–H and O–H groups in total. The molecule has 1 aromatic rings. The SMILES string of the molecule is Cc1c(N)cc(Br)cc1C(=O)N1CCNC(=O)CC1. The third-order valence-corrected chi connectivity index (χ3v) is 3.70. The molecule has 0 radical (unpaired) electrons. The highest BCUT2D eigenvalue weighted by Crippen LogP contribution is 2.24. The summed E-state index contributed by atoms with van der Waals surface area (Å²) in [5.41, 5.74) is 7.82. The summed E-state index contributed by atoms with van der Waals surface area (Å²) in [6.07, 6.45) is 0.342. The van der Waals surface area contributed by atoms with Gasteiger partial charge < -0.3 is 16.0 Å². The molecule has 1 heterocycles. The Balaban J connectivity index is 2.26. The first-order valence-corrected chi connectivity index (χ1v) is 6.90. The first-order chi connectivity index (χ1) is 8.99. The van der Waals surface area contributed by atoms with Crippen LogP contribution in [0.5, 0.6) is 0 Å². The minimum Gasteiger partial charge on any atom is -0.398 e. The standard InChI is InChI=1S/C13H16BrN3O2/c1-8-10(6-9(14)7-11(8)15)13(19)17-4-2-12(18)16-3-5-17/h6-7H,2-5,15H2,1H3,(H,16,18). The summed E-state index contributed by atoms with van der Waals surface area (Å²) in [4.78, 5) is 25.5. The lowest BCUT2D eigenvalue weighted by molar-refractivity contribution is -0.120. The van der Waals surface area contributed by atoms with Gasteiger partial charge in [0.2, 0.25) is 5.91 Å². The Labute approximate surface area is 120 Å². The van der Waals surface area contributed by atoms with E-state index in [1.807, 2.05) is 6.92 Å². The zero-order chi connectivity index (χ0) is 14.0. The number of nitrogen functional groups attached to an aromatic ring is 1. The van der Waals surface area contributed by atoms with E-state index in [0.29, 0.717) is 37.3 Å². The van der Waals surface area contributed by atoms with Gasteiger partial charge in [0.05, 0.1) is 0 Å². The van der Waals surface area contributed by atoms with Crippen LogP contribution in [0.1, 0.15) is 22.3 Å². The van der Waals surface area contributed by atoms with E-state index < -0.39 is 0 Å². The van der Waals surface area contributed by atoms with E-state index in [0.717, 1.165) is 10.0 Å². The van der Waals surface area contributed by atoms with Gasteiger partial charge in [-0.05, 0) is 24.6 Å². The molecule has 0 aromatic heterocycles.